The van der Waals surface area contributed by atoms with Crippen LogP contribution in [0, 0.1) is 11.2 Å². The maximum absolute atomic E-state index is 13.5. The molecule has 0 unspecified atom stereocenters. The third kappa shape index (κ3) is 2.93. The third-order valence-corrected chi connectivity index (χ3v) is 2.52. The number of amides is 2. The van der Waals surface area contributed by atoms with E-state index in [-0.39, 0.29) is 17.9 Å². The van der Waals surface area contributed by atoms with Crippen molar-refractivity contribution < 1.29 is 14.0 Å². The maximum atomic E-state index is 13.5. The molecule has 0 radical (unpaired) electrons. The van der Waals surface area contributed by atoms with Gasteiger partial charge in [0.1, 0.15) is 0 Å². The number of nitrogens with one attached hydrogen (secondary N) is 1. The molecule has 0 aliphatic heterocycles. The Kier molecular flexibility index (Phi) is 3.85. The molecule has 0 aliphatic rings. The van der Waals surface area contributed by atoms with Gasteiger partial charge in [-0.15, -0.1) is 0 Å². The maximum Gasteiger partial charge on any atom is 0.254 e. The van der Waals surface area contributed by atoms with Crippen molar-refractivity contribution in [3.63, 3.8) is 0 Å². The summed E-state index contributed by atoms with van der Waals surface area (Å²) >= 11 is 0. The summed E-state index contributed by atoms with van der Waals surface area (Å²) in [7, 11) is 0. The number of pyridine rings is 1. The normalized spacial score (nSPS) is 11.1. The zero-order chi connectivity index (χ0) is 13.9. The lowest BCUT2D eigenvalue weighted by molar-refractivity contribution is -0.125. The van der Waals surface area contributed by atoms with Crippen molar-refractivity contribution in [2.45, 2.75) is 13.8 Å². The van der Waals surface area contributed by atoms with Crippen LogP contribution in [0.1, 0.15) is 24.2 Å². The Bertz CT molecular complexity index is 488. The molecule has 0 saturated carbocycles. The van der Waals surface area contributed by atoms with Gasteiger partial charge < -0.3 is 16.8 Å². The van der Waals surface area contributed by atoms with E-state index in [2.05, 4.69) is 10.3 Å². The molecule has 0 aromatic carbocycles. The molecule has 2 amide bonds. The van der Waals surface area contributed by atoms with Gasteiger partial charge in [-0.2, -0.15) is 0 Å². The van der Waals surface area contributed by atoms with E-state index in [0.29, 0.717) is 0 Å². The molecule has 7 heteroatoms. The first-order valence-electron chi connectivity index (χ1n) is 5.24. The molecule has 0 aliphatic carbocycles. The predicted molar refractivity (Wildman–Crippen MR) is 63.9 cm³/mol. The zero-order valence-electron chi connectivity index (χ0n) is 10.2. The largest absolute Gasteiger partial charge is 0.381 e. The first-order valence-corrected chi connectivity index (χ1v) is 5.24. The molecule has 0 spiro atoms. The number of nitrogens with zero attached hydrogens (tertiary/aromatic N) is 1. The number of carbonyl (C=O) groups excluding carboxylic acids is 2. The fourth-order valence-corrected chi connectivity index (χ4v) is 1.12. The average Bonchev–Trinajstić information content (AvgIpc) is 2.29. The topological polar surface area (TPSA) is 111 Å². The van der Waals surface area contributed by atoms with Crippen molar-refractivity contribution in [1.29, 1.82) is 0 Å². The van der Waals surface area contributed by atoms with Crippen LogP contribution in [0.4, 0.5) is 10.2 Å². The number of hydrogen-bond acceptors (Lipinski definition) is 4. The highest BCUT2D eigenvalue weighted by Gasteiger charge is 2.26. The summed E-state index contributed by atoms with van der Waals surface area (Å²) in [4.78, 5) is 26.3. The van der Waals surface area contributed by atoms with E-state index in [1.165, 1.54) is 12.3 Å². The summed E-state index contributed by atoms with van der Waals surface area (Å²) in [6, 6.07) is 1.21. The minimum absolute atomic E-state index is 0.00281. The molecule has 1 rings (SSSR count). The summed E-state index contributed by atoms with van der Waals surface area (Å²) < 4.78 is 13.5. The molecular formula is C11H15FN4O2. The summed E-state index contributed by atoms with van der Waals surface area (Å²) in [5.41, 5.74) is 9.27. The fourth-order valence-electron chi connectivity index (χ4n) is 1.12. The molecule has 0 fully saturated rings. The van der Waals surface area contributed by atoms with Gasteiger partial charge in [-0.3, -0.25) is 9.59 Å². The Labute approximate surface area is 104 Å². The quantitative estimate of drug-likeness (QED) is 0.704. The Morgan fingerprint density at radius 1 is 1.50 bits per heavy atom. The van der Waals surface area contributed by atoms with Crippen molar-refractivity contribution in [3.05, 3.63) is 23.6 Å². The zero-order valence-corrected chi connectivity index (χ0v) is 10.2. The van der Waals surface area contributed by atoms with Crippen LogP contribution in [0.25, 0.3) is 0 Å². The molecule has 0 bridgehead atoms. The Hall–Kier alpha value is -2.18. The highest BCUT2D eigenvalue weighted by atomic mass is 19.1. The first kappa shape index (κ1) is 13.9. The Morgan fingerprint density at radius 2 is 2.11 bits per heavy atom. The number of carbonyl (C=O) groups is 2. The van der Waals surface area contributed by atoms with Crippen LogP contribution in [0.5, 0.6) is 0 Å². The molecule has 98 valence electrons. The van der Waals surface area contributed by atoms with Gasteiger partial charge in [0.15, 0.2) is 11.6 Å². The monoisotopic (exact) mass is 254 g/mol. The second-order valence-electron chi connectivity index (χ2n) is 4.49. The summed E-state index contributed by atoms with van der Waals surface area (Å²) in [5, 5.41) is 2.43. The van der Waals surface area contributed by atoms with Crippen LogP contribution in [0.2, 0.25) is 0 Å². The molecule has 5 N–H and O–H groups in total. The standard InChI is InChI=1S/C11H15FN4O2/c1-11(2,10(14)18)5-16-9(17)6-3-4-15-8(13)7(6)12/h3-4H,5H2,1-2H3,(H2,13,15)(H2,14,18)(H,16,17). The average molecular weight is 254 g/mol. The lowest BCUT2D eigenvalue weighted by Crippen LogP contribution is -2.42. The van der Waals surface area contributed by atoms with Crippen molar-refractivity contribution >= 4 is 17.6 Å². The third-order valence-electron chi connectivity index (χ3n) is 2.52. The smallest absolute Gasteiger partial charge is 0.254 e. The summed E-state index contributed by atoms with van der Waals surface area (Å²) in [6.07, 6.45) is 1.23. The summed E-state index contributed by atoms with van der Waals surface area (Å²) in [5.74, 6) is -2.46. The van der Waals surface area contributed by atoms with Crippen molar-refractivity contribution in [1.82, 2.24) is 10.3 Å². The lowest BCUT2D eigenvalue weighted by Gasteiger charge is -2.20. The first-order chi connectivity index (χ1) is 8.25. The van der Waals surface area contributed by atoms with Gasteiger partial charge in [-0.25, -0.2) is 9.37 Å². The van der Waals surface area contributed by atoms with Crippen molar-refractivity contribution in [2.24, 2.45) is 11.1 Å². The van der Waals surface area contributed by atoms with Crippen LogP contribution < -0.4 is 16.8 Å². The van der Waals surface area contributed by atoms with Crippen LogP contribution in [0.3, 0.4) is 0 Å². The van der Waals surface area contributed by atoms with Crippen molar-refractivity contribution in [2.75, 3.05) is 12.3 Å². The van der Waals surface area contributed by atoms with E-state index < -0.39 is 23.0 Å². The number of aromatic nitrogens is 1. The molecule has 18 heavy (non-hydrogen) atoms. The highest BCUT2D eigenvalue weighted by molar-refractivity contribution is 5.95. The molecule has 0 atom stereocenters. The molecule has 6 nitrogen and oxygen atoms in total. The number of anilines is 1. The van der Waals surface area contributed by atoms with Crippen LogP contribution in [-0.2, 0) is 4.79 Å². The minimum Gasteiger partial charge on any atom is -0.381 e. The number of nitrogens with two attached hydrogens (primary N) is 2. The number of hydrogen-bond donors (Lipinski definition) is 3. The van der Waals surface area contributed by atoms with Gasteiger partial charge in [0.2, 0.25) is 5.91 Å². The molecular weight excluding hydrogens is 239 g/mol. The van der Waals surface area contributed by atoms with Crippen molar-refractivity contribution in [3.8, 4) is 0 Å². The summed E-state index contributed by atoms with van der Waals surface area (Å²) in [6.45, 7) is 3.16. The van der Waals surface area contributed by atoms with E-state index in [4.69, 9.17) is 11.5 Å². The van der Waals surface area contributed by atoms with E-state index >= 15 is 0 Å². The predicted octanol–water partition coefficient (Wildman–Crippen LogP) is 0.0442. The second-order valence-corrected chi connectivity index (χ2v) is 4.49. The minimum atomic E-state index is -0.912. The van der Waals surface area contributed by atoms with E-state index in [1.54, 1.807) is 13.8 Å². The Balaban J connectivity index is 2.78. The fraction of sp³-hybridized carbons (Fsp3) is 0.364. The second kappa shape index (κ2) is 4.99. The van der Waals surface area contributed by atoms with Gasteiger partial charge in [-0.1, -0.05) is 0 Å². The van der Waals surface area contributed by atoms with Crippen LogP contribution >= 0.6 is 0 Å². The molecule has 1 aromatic rings. The van der Waals surface area contributed by atoms with Gasteiger partial charge in [0.05, 0.1) is 11.0 Å². The highest BCUT2D eigenvalue weighted by Crippen LogP contribution is 2.14. The number of rotatable bonds is 4. The SMILES string of the molecule is CC(C)(CNC(=O)c1ccnc(N)c1F)C(N)=O. The van der Waals surface area contributed by atoms with E-state index in [1.807, 2.05) is 0 Å². The number of primary amides is 1. The van der Waals surface area contributed by atoms with Gasteiger partial charge in [-0.05, 0) is 19.9 Å². The molecule has 0 saturated heterocycles. The van der Waals surface area contributed by atoms with E-state index in [0.717, 1.165) is 0 Å². The van der Waals surface area contributed by atoms with Gasteiger partial charge in [0.25, 0.3) is 5.91 Å². The van der Waals surface area contributed by atoms with Crippen LogP contribution in [-0.4, -0.2) is 23.3 Å². The van der Waals surface area contributed by atoms with Crippen LogP contribution in [0.15, 0.2) is 12.3 Å². The van der Waals surface area contributed by atoms with Gasteiger partial charge >= 0.3 is 0 Å². The molecule has 1 heterocycles. The molecule has 1 aromatic heterocycles. The lowest BCUT2D eigenvalue weighted by atomic mass is 9.92. The van der Waals surface area contributed by atoms with Gasteiger partial charge in [0, 0.05) is 12.7 Å². The van der Waals surface area contributed by atoms with E-state index in [9.17, 15) is 14.0 Å². The number of nitrogen functional groups attached to an aromatic ring is 1. The Morgan fingerprint density at radius 3 is 2.67 bits per heavy atom. The number of halogens is 1.